The zero-order chi connectivity index (χ0) is 25.4. The molecular formula is C22H52N6O5. The molecule has 0 saturated heterocycles. The van der Waals surface area contributed by atoms with E-state index in [-0.39, 0.29) is 19.4 Å². The maximum Gasteiger partial charge on any atom is 0.303 e. The highest BCUT2D eigenvalue weighted by atomic mass is 16.4. The third-order valence-electron chi connectivity index (χ3n) is 4.26. The van der Waals surface area contributed by atoms with Gasteiger partial charge in [-0.2, -0.15) is 0 Å². The summed E-state index contributed by atoms with van der Waals surface area (Å²) in [6, 6.07) is 0. The molecule has 0 aliphatic rings. The van der Waals surface area contributed by atoms with Crippen LogP contribution in [0.1, 0.15) is 64.2 Å². The molecule has 0 fully saturated rings. The number of nitrogens with one attached hydrogen (secondary N) is 3. The van der Waals surface area contributed by atoms with Gasteiger partial charge >= 0.3 is 11.9 Å². The van der Waals surface area contributed by atoms with Gasteiger partial charge in [-0.25, -0.2) is 0 Å². The fraction of sp³-hybridized carbons (Fsp3) is 0.909. The number of unbranched alkanes of at least 4 members (excludes halogenated alkanes) is 7. The van der Waals surface area contributed by atoms with Gasteiger partial charge < -0.3 is 48.5 Å². The highest BCUT2D eigenvalue weighted by Crippen LogP contribution is 2.10. The number of hydrogen-bond donors (Lipinski definition) is 9. The van der Waals surface area contributed by atoms with E-state index in [1.54, 1.807) is 0 Å². The Morgan fingerprint density at radius 2 is 0.788 bits per heavy atom. The van der Waals surface area contributed by atoms with Crippen molar-refractivity contribution >= 4 is 11.9 Å². The van der Waals surface area contributed by atoms with Gasteiger partial charge in [-0.15, -0.1) is 0 Å². The van der Waals surface area contributed by atoms with E-state index in [0.29, 0.717) is 19.6 Å². The number of carboxylic acids is 2. The molecule has 11 nitrogen and oxygen atoms in total. The van der Waals surface area contributed by atoms with Gasteiger partial charge in [0.15, 0.2) is 0 Å². The van der Waals surface area contributed by atoms with Crippen LogP contribution >= 0.6 is 0 Å². The van der Waals surface area contributed by atoms with Crippen molar-refractivity contribution in [3.63, 3.8) is 0 Å². The third-order valence-corrected chi connectivity index (χ3v) is 4.26. The van der Waals surface area contributed by atoms with Crippen LogP contribution in [0.2, 0.25) is 0 Å². The van der Waals surface area contributed by atoms with Crippen LogP contribution in [0.15, 0.2) is 0 Å². The first-order valence-electron chi connectivity index (χ1n) is 12.2. The van der Waals surface area contributed by atoms with Gasteiger partial charge in [-0.05, 0) is 12.8 Å². The molecule has 200 valence electrons. The molecule has 0 heterocycles. The summed E-state index contributed by atoms with van der Waals surface area (Å²) in [5, 5.41) is 34.3. The number of aliphatic hydroxyl groups excluding tert-OH is 1. The lowest BCUT2D eigenvalue weighted by molar-refractivity contribution is -0.138. The smallest absolute Gasteiger partial charge is 0.303 e. The predicted octanol–water partition coefficient (Wildman–Crippen LogP) is -0.333. The van der Waals surface area contributed by atoms with E-state index in [0.717, 1.165) is 90.6 Å². The summed E-state index contributed by atoms with van der Waals surface area (Å²) in [7, 11) is 0. The van der Waals surface area contributed by atoms with E-state index in [9.17, 15) is 9.59 Å². The molecule has 0 bridgehead atoms. The van der Waals surface area contributed by atoms with Gasteiger partial charge in [0.2, 0.25) is 0 Å². The minimum atomic E-state index is -0.714. The van der Waals surface area contributed by atoms with Crippen LogP contribution in [0.25, 0.3) is 0 Å². The zero-order valence-electron chi connectivity index (χ0n) is 20.5. The fourth-order valence-corrected chi connectivity index (χ4v) is 2.55. The van der Waals surface area contributed by atoms with Gasteiger partial charge in [0.05, 0.1) is 6.61 Å². The Morgan fingerprint density at radius 1 is 0.515 bits per heavy atom. The third kappa shape index (κ3) is 49.0. The van der Waals surface area contributed by atoms with Gasteiger partial charge in [0.25, 0.3) is 0 Å². The van der Waals surface area contributed by atoms with Crippen molar-refractivity contribution in [1.29, 1.82) is 0 Å². The Kier molecular flexibility index (Phi) is 38.7. The molecule has 0 spiro atoms. The van der Waals surface area contributed by atoms with E-state index in [1.807, 2.05) is 0 Å². The Balaban J connectivity index is -0.000000476. The molecule has 12 N–H and O–H groups in total. The average Bonchev–Trinajstić information content (AvgIpc) is 2.79. The average molecular weight is 481 g/mol. The largest absolute Gasteiger partial charge is 0.481 e. The predicted molar refractivity (Wildman–Crippen MR) is 134 cm³/mol. The molecule has 0 radical (unpaired) electrons. The number of carbonyl (C=O) groups is 2. The Hall–Kier alpha value is -1.34. The minimum absolute atomic E-state index is 0.0972. The van der Waals surface area contributed by atoms with E-state index in [2.05, 4.69) is 16.0 Å². The summed E-state index contributed by atoms with van der Waals surface area (Å²) < 4.78 is 0. The van der Waals surface area contributed by atoms with Crippen molar-refractivity contribution in [2.75, 3.05) is 65.5 Å². The van der Waals surface area contributed by atoms with Gasteiger partial charge in [-0.3, -0.25) is 9.59 Å². The van der Waals surface area contributed by atoms with Crippen molar-refractivity contribution in [2.24, 2.45) is 17.2 Å². The van der Waals surface area contributed by atoms with E-state index < -0.39 is 11.9 Å². The first kappa shape index (κ1) is 36.2. The number of carboxylic acid groups (broad SMARTS) is 2. The molecule has 11 heteroatoms. The highest BCUT2D eigenvalue weighted by molar-refractivity contribution is 5.66. The first-order valence-corrected chi connectivity index (χ1v) is 12.2. The molecule has 0 unspecified atom stereocenters. The summed E-state index contributed by atoms with van der Waals surface area (Å²) in [5.41, 5.74) is 15.4. The number of aliphatic hydroxyl groups is 1. The van der Waals surface area contributed by atoms with E-state index in [4.69, 9.17) is 32.5 Å². The van der Waals surface area contributed by atoms with Crippen LogP contribution in [0.5, 0.6) is 0 Å². The molecule has 0 amide bonds. The normalized spacial score (nSPS) is 10.1. The van der Waals surface area contributed by atoms with Gasteiger partial charge in [0, 0.05) is 71.7 Å². The van der Waals surface area contributed by atoms with Crippen molar-refractivity contribution in [3.8, 4) is 0 Å². The summed E-state index contributed by atoms with van der Waals surface area (Å²) >= 11 is 0. The lowest BCUT2D eigenvalue weighted by Gasteiger charge is -2.06. The lowest BCUT2D eigenvalue weighted by atomic mass is 10.1. The van der Waals surface area contributed by atoms with E-state index >= 15 is 0 Å². The second-order valence-electron chi connectivity index (χ2n) is 7.46. The van der Waals surface area contributed by atoms with Crippen molar-refractivity contribution in [2.45, 2.75) is 64.2 Å². The summed E-state index contributed by atoms with van der Waals surface area (Å²) in [6.07, 6.45) is 8.51. The van der Waals surface area contributed by atoms with E-state index in [1.165, 1.54) is 0 Å². The summed E-state index contributed by atoms with van der Waals surface area (Å²) in [6.45, 7) is 7.62. The lowest BCUT2D eigenvalue weighted by Crippen LogP contribution is -2.35. The molecule has 0 atom stereocenters. The molecule has 0 rings (SSSR count). The second kappa shape index (κ2) is 35.3. The van der Waals surface area contributed by atoms with Crippen LogP contribution in [-0.4, -0.2) is 92.8 Å². The van der Waals surface area contributed by atoms with Crippen LogP contribution < -0.4 is 33.2 Å². The number of aliphatic carboxylic acids is 2. The molecule has 0 aromatic heterocycles. The van der Waals surface area contributed by atoms with Gasteiger partial charge in [-0.1, -0.05) is 38.5 Å². The van der Waals surface area contributed by atoms with Crippen LogP contribution in [0, 0.1) is 0 Å². The Labute approximate surface area is 200 Å². The molecule has 0 aromatic rings. The Bertz CT molecular complexity index is 358. The van der Waals surface area contributed by atoms with Crippen molar-refractivity contribution < 1.29 is 24.9 Å². The van der Waals surface area contributed by atoms with Crippen molar-refractivity contribution in [1.82, 2.24) is 16.0 Å². The van der Waals surface area contributed by atoms with Gasteiger partial charge in [0.1, 0.15) is 0 Å². The number of rotatable bonds is 22. The second-order valence-corrected chi connectivity index (χ2v) is 7.46. The molecule has 0 aliphatic carbocycles. The quantitative estimate of drug-likeness (QED) is 0.0915. The Morgan fingerprint density at radius 3 is 1.03 bits per heavy atom. The number of nitrogens with two attached hydrogens (primary N) is 3. The minimum Gasteiger partial charge on any atom is -0.481 e. The fourth-order valence-electron chi connectivity index (χ4n) is 2.55. The molecule has 0 aliphatic heterocycles. The highest BCUT2D eigenvalue weighted by Gasteiger charge is 1.98. The summed E-state index contributed by atoms with van der Waals surface area (Å²) in [4.78, 5) is 20.4. The standard InChI is InChI=1S/C12H22O4.C8H23N5.C2H7NO/c13-11(14)9-7-5-3-1-2-4-6-8-10-12(15)16;9-1-3-11-5-7-13-8-6-12-4-2-10;3-1-2-4/h1-10H2,(H,13,14)(H,15,16);11-13H,1-10H2;4H,1-3H2. The SMILES string of the molecule is NCCNCCNCCNCCN.NCCO.O=C(O)CCCCCCCCCCC(=O)O. The zero-order valence-corrected chi connectivity index (χ0v) is 20.5. The maximum absolute atomic E-state index is 10.2. The molecule has 33 heavy (non-hydrogen) atoms. The summed E-state index contributed by atoms with van der Waals surface area (Å²) in [5.74, 6) is -1.43. The maximum atomic E-state index is 10.2. The molecular weight excluding hydrogens is 428 g/mol. The molecule has 0 saturated carbocycles. The van der Waals surface area contributed by atoms with Crippen LogP contribution in [0.4, 0.5) is 0 Å². The number of hydrogen-bond acceptors (Lipinski definition) is 9. The topological polar surface area (TPSA) is 209 Å². The monoisotopic (exact) mass is 480 g/mol. The van der Waals surface area contributed by atoms with Crippen LogP contribution in [-0.2, 0) is 9.59 Å². The molecule has 0 aromatic carbocycles. The van der Waals surface area contributed by atoms with Crippen molar-refractivity contribution in [3.05, 3.63) is 0 Å². The first-order chi connectivity index (χ1) is 16.0. The van der Waals surface area contributed by atoms with Crippen LogP contribution in [0.3, 0.4) is 0 Å².